The van der Waals surface area contributed by atoms with Crippen LogP contribution in [0.4, 0.5) is 13.2 Å². The number of hydrogen-bond donors (Lipinski definition) is 0. The van der Waals surface area contributed by atoms with Crippen LogP contribution in [0.2, 0.25) is 0 Å². The van der Waals surface area contributed by atoms with Gasteiger partial charge in [-0.3, -0.25) is 4.79 Å². The minimum Gasteiger partial charge on any atom is -0.471 e. The normalized spacial score (nSPS) is 12.5. The molecule has 0 N–H and O–H groups in total. The highest BCUT2D eigenvalue weighted by atomic mass is 32.2. The lowest BCUT2D eigenvalue weighted by Gasteiger charge is -2.19. The molecule has 0 spiro atoms. The fraction of sp³-hybridized carbons (Fsp3) is 0.300. The highest BCUT2D eigenvalue weighted by molar-refractivity contribution is 7.91. The number of pyridine rings is 1. The number of hydrogen-bond acceptors (Lipinski definition) is 7. The van der Waals surface area contributed by atoms with Gasteiger partial charge in [0.15, 0.2) is 21.3 Å². The number of halogens is 3. The van der Waals surface area contributed by atoms with Crippen LogP contribution >= 0.6 is 0 Å². The van der Waals surface area contributed by atoms with E-state index >= 15 is 0 Å². The van der Waals surface area contributed by atoms with Crippen molar-refractivity contribution in [2.75, 3.05) is 5.75 Å². The summed E-state index contributed by atoms with van der Waals surface area (Å²) in [6, 6.07) is 5.60. The predicted octanol–water partition coefficient (Wildman–Crippen LogP) is 3.27. The molecule has 0 amide bonds. The van der Waals surface area contributed by atoms with Gasteiger partial charge in [-0.1, -0.05) is 13.0 Å². The van der Waals surface area contributed by atoms with Crippen molar-refractivity contribution in [2.24, 2.45) is 0 Å². The van der Waals surface area contributed by atoms with Gasteiger partial charge in [0.1, 0.15) is 16.7 Å². The van der Waals surface area contributed by atoms with E-state index in [1.807, 2.05) is 6.07 Å². The standard InChI is InChI=1S/C20H17F3N4O4S/c1-4-32(29,30)16-8-14(31-19(2,3)11-24)10-25-17(16)27-18(28)15-7-13(20(21,22)23)6-5-12(15)9-26-27/h5-10H,4H2,1-3H3. The molecule has 8 nitrogen and oxygen atoms in total. The van der Waals surface area contributed by atoms with Gasteiger partial charge in [-0.05, 0) is 26.0 Å². The second-order valence-corrected chi connectivity index (χ2v) is 9.53. The van der Waals surface area contributed by atoms with Crippen LogP contribution in [0.15, 0.2) is 46.3 Å². The van der Waals surface area contributed by atoms with Crippen LogP contribution in [-0.4, -0.2) is 34.5 Å². The smallest absolute Gasteiger partial charge is 0.416 e. The lowest BCUT2D eigenvalue weighted by Crippen LogP contribution is -2.27. The first-order valence-corrected chi connectivity index (χ1v) is 10.9. The number of rotatable bonds is 5. The number of alkyl halides is 3. The molecule has 0 unspecified atom stereocenters. The second kappa shape index (κ2) is 7.90. The van der Waals surface area contributed by atoms with Crippen molar-refractivity contribution in [3.05, 3.63) is 52.6 Å². The Balaban J connectivity index is 2.28. The molecule has 0 aliphatic carbocycles. The average Bonchev–Trinajstić information content (AvgIpc) is 2.73. The Hall–Kier alpha value is -3.46. The van der Waals surface area contributed by atoms with E-state index in [4.69, 9.17) is 10.00 Å². The number of nitrogens with zero attached hydrogens (tertiary/aromatic N) is 4. The van der Waals surface area contributed by atoms with Gasteiger partial charge >= 0.3 is 6.18 Å². The second-order valence-electron chi connectivity index (χ2n) is 7.28. The van der Waals surface area contributed by atoms with E-state index in [2.05, 4.69) is 10.1 Å². The molecule has 0 saturated carbocycles. The van der Waals surface area contributed by atoms with E-state index in [1.54, 1.807) is 0 Å². The zero-order valence-corrected chi connectivity index (χ0v) is 18.0. The summed E-state index contributed by atoms with van der Waals surface area (Å²) >= 11 is 0. The van der Waals surface area contributed by atoms with E-state index in [-0.39, 0.29) is 22.3 Å². The summed E-state index contributed by atoms with van der Waals surface area (Å²) in [7, 11) is -3.97. The minimum atomic E-state index is -4.67. The third kappa shape index (κ3) is 4.43. The zero-order valence-electron chi connectivity index (χ0n) is 17.1. The lowest BCUT2D eigenvalue weighted by molar-refractivity contribution is -0.137. The van der Waals surface area contributed by atoms with E-state index in [1.165, 1.54) is 20.8 Å². The first-order chi connectivity index (χ1) is 14.8. The molecule has 3 rings (SSSR count). The summed E-state index contributed by atoms with van der Waals surface area (Å²) in [4.78, 5) is 16.5. The van der Waals surface area contributed by atoms with Gasteiger partial charge in [0.05, 0.1) is 29.1 Å². The highest BCUT2D eigenvalue weighted by Crippen LogP contribution is 2.31. The third-order valence-electron chi connectivity index (χ3n) is 4.48. The van der Waals surface area contributed by atoms with Gasteiger partial charge in [-0.15, -0.1) is 0 Å². The van der Waals surface area contributed by atoms with E-state index in [9.17, 15) is 26.4 Å². The molecule has 32 heavy (non-hydrogen) atoms. The molecule has 0 saturated heterocycles. The SMILES string of the molecule is CCS(=O)(=O)c1cc(OC(C)(C)C#N)cnc1-n1ncc2ccc(C(F)(F)F)cc2c1=O. The predicted molar refractivity (Wildman–Crippen MR) is 108 cm³/mol. The Bertz CT molecular complexity index is 1410. The van der Waals surface area contributed by atoms with E-state index in [0.717, 1.165) is 30.6 Å². The third-order valence-corrected chi connectivity index (χ3v) is 6.21. The summed E-state index contributed by atoms with van der Waals surface area (Å²) in [5, 5.41) is 12.9. The van der Waals surface area contributed by atoms with Crippen LogP contribution in [0.1, 0.15) is 26.3 Å². The Morgan fingerprint density at radius 2 is 1.88 bits per heavy atom. The van der Waals surface area contributed by atoms with Crippen molar-refractivity contribution in [3.63, 3.8) is 0 Å². The molecule has 0 fully saturated rings. The van der Waals surface area contributed by atoms with Gasteiger partial charge in [0.25, 0.3) is 5.56 Å². The van der Waals surface area contributed by atoms with Crippen LogP contribution < -0.4 is 10.3 Å². The quantitative estimate of drug-likeness (QED) is 0.567. The van der Waals surface area contributed by atoms with Crippen molar-refractivity contribution >= 4 is 20.6 Å². The number of ether oxygens (including phenoxy) is 1. The van der Waals surface area contributed by atoms with E-state index in [0.29, 0.717) is 10.7 Å². The van der Waals surface area contributed by atoms with E-state index < -0.39 is 43.5 Å². The molecule has 0 aliphatic rings. The molecule has 12 heteroatoms. The maximum absolute atomic E-state index is 13.1. The van der Waals surface area contributed by atoms with Crippen LogP contribution in [0.5, 0.6) is 5.75 Å². The molecule has 2 aromatic heterocycles. The molecule has 2 heterocycles. The summed E-state index contributed by atoms with van der Waals surface area (Å²) in [6.07, 6.45) is -2.42. The maximum Gasteiger partial charge on any atom is 0.416 e. The Morgan fingerprint density at radius 3 is 2.47 bits per heavy atom. The zero-order chi connectivity index (χ0) is 23.9. The largest absolute Gasteiger partial charge is 0.471 e. The number of nitriles is 1. The van der Waals surface area contributed by atoms with Gasteiger partial charge in [0, 0.05) is 11.5 Å². The summed E-state index contributed by atoms with van der Waals surface area (Å²) in [5.41, 5.74) is -3.29. The van der Waals surface area contributed by atoms with Crippen molar-refractivity contribution in [3.8, 4) is 17.6 Å². The average molecular weight is 466 g/mol. The molecule has 3 aromatic rings. The first-order valence-electron chi connectivity index (χ1n) is 9.22. The number of aromatic nitrogens is 3. The van der Waals surface area contributed by atoms with Gasteiger partial charge in [-0.2, -0.15) is 28.2 Å². The number of benzene rings is 1. The van der Waals surface area contributed by atoms with Crippen LogP contribution in [0.3, 0.4) is 0 Å². The van der Waals surface area contributed by atoms with Crippen LogP contribution in [0.25, 0.3) is 16.6 Å². The molecule has 0 radical (unpaired) electrons. The molecular weight excluding hydrogens is 449 g/mol. The Kier molecular flexibility index (Phi) is 5.73. The highest BCUT2D eigenvalue weighted by Gasteiger charge is 2.31. The lowest BCUT2D eigenvalue weighted by atomic mass is 10.1. The van der Waals surface area contributed by atoms with Crippen molar-refractivity contribution in [1.82, 2.24) is 14.8 Å². The Morgan fingerprint density at radius 1 is 1.19 bits per heavy atom. The molecule has 0 aliphatic heterocycles. The van der Waals surface area contributed by atoms with Gasteiger partial charge in [-0.25, -0.2) is 13.4 Å². The molecule has 0 bridgehead atoms. The first kappa shape index (κ1) is 23.2. The van der Waals surface area contributed by atoms with Crippen molar-refractivity contribution in [2.45, 2.75) is 37.4 Å². The van der Waals surface area contributed by atoms with Gasteiger partial charge in [0.2, 0.25) is 0 Å². The molecule has 168 valence electrons. The summed E-state index contributed by atoms with van der Waals surface area (Å²) in [6.45, 7) is 4.29. The van der Waals surface area contributed by atoms with Gasteiger partial charge < -0.3 is 4.74 Å². The molecular formula is C20H17F3N4O4S. The van der Waals surface area contributed by atoms with Crippen molar-refractivity contribution < 1.29 is 26.3 Å². The van der Waals surface area contributed by atoms with Crippen LogP contribution in [0, 0.1) is 11.3 Å². The number of fused-ring (bicyclic) bond motifs is 1. The molecule has 0 atom stereocenters. The summed E-state index contributed by atoms with van der Waals surface area (Å²) < 4.78 is 70.7. The number of sulfone groups is 1. The van der Waals surface area contributed by atoms with Crippen molar-refractivity contribution in [1.29, 1.82) is 5.26 Å². The maximum atomic E-state index is 13.1. The summed E-state index contributed by atoms with van der Waals surface area (Å²) in [5.74, 6) is -0.786. The van der Waals surface area contributed by atoms with Crippen LogP contribution in [-0.2, 0) is 16.0 Å². The topological polar surface area (TPSA) is 115 Å². The Labute approximate surface area is 180 Å². The fourth-order valence-corrected chi connectivity index (χ4v) is 3.83. The fourth-order valence-electron chi connectivity index (χ4n) is 2.80. The molecule has 1 aromatic carbocycles. The minimum absolute atomic E-state index is 0.0412. The monoisotopic (exact) mass is 466 g/mol.